The Kier molecular flexibility index (Phi) is 10.2. The van der Waals surface area contributed by atoms with Crippen molar-refractivity contribution in [3.63, 3.8) is 0 Å². The van der Waals surface area contributed by atoms with Crippen LogP contribution >= 0.6 is 11.6 Å². The molecule has 3 N–H and O–H groups in total. The Balaban J connectivity index is 0.00000190. The van der Waals surface area contributed by atoms with E-state index in [9.17, 15) is 4.39 Å². The largest absolute Gasteiger partial charge is 0.384 e. The molecule has 0 unspecified atom stereocenters. The second-order valence-corrected chi connectivity index (χ2v) is 6.69. The predicted octanol–water partition coefficient (Wildman–Crippen LogP) is 4.90. The number of rotatable bonds is 7. The van der Waals surface area contributed by atoms with E-state index in [1.165, 1.54) is 12.3 Å². The van der Waals surface area contributed by atoms with E-state index >= 15 is 0 Å². The first kappa shape index (κ1) is 24.1. The number of pyridine rings is 1. The van der Waals surface area contributed by atoms with E-state index < -0.39 is 5.83 Å². The van der Waals surface area contributed by atoms with Gasteiger partial charge < -0.3 is 20.5 Å². The number of nitrogens with one attached hydrogen (secondary N) is 1. The first-order valence-electron chi connectivity index (χ1n) is 9.38. The lowest BCUT2D eigenvalue weighted by molar-refractivity contribution is -0.0864. The normalized spacial score (nSPS) is 16.8. The minimum Gasteiger partial charge on any atom is -0.384 e. The predicted molar refractivity (Wildman–Crippen MR) is 115 cm³/mol. The quantitative estimate of drug-likeness (QED) is 0.624. The van der Waals surface area contributed by atoms with Crippen LogP contribution < -0.4 is 11.1 Å². The molecular weight excluding hydrogens is 381 g/mol. The highest BCUT2D eigenvalue weighted by Gasteiger charge is 2.32. The zero-order valence-electron chi connectivity index (χ0n) is 17.1. The lowest BCUT2D eigenvalue weighted by Gasteiger charge is -2.36. The summed E-state index contributed by atoms with van der Waals surface area (Å²) < 4.78 is 25.3. The molecule has 1 fully saturated rings. The fourth-order valence-corrected chi connectivity index (χ4v) is 2.95. The molecule has 1 aliphatic rings. The highest BCUT2D eigenvalue weighted by Crippen LogP contribution is 2.26. The van der Waals surface area contributed by atoms with Gasteiger partial charge in [0.2, 0.25) is 0 Å². The maximum Gasteiger partial charge on any atom is 0.145 e. The van der Waals surface area contributed by atoms with Crippen molar-refractivity contribution in [3.8, 4) is 0 Å². The molecule has 0 bridgehead atoms. The van der Waals surface area contributed by atoms with Crippen LogP contribution in [-0.2, 0) is 9.47 Å². The van der Waals surface area contributed by atoms with Gasteiger partial charge in [-0.05, 0) is 24.6 Å². The van der Waals surface area contributed by atoms with Gasteiger partial charge in [0, 0.05) is 51.5 Å². The summed E-state index contributed by atoms with van der Waals surface area (Å²) in [6.45, 7) is 11.3. The molecule has 1 aliphatic heterocycles. The molecule has 2 heterocycles. The molecule has 0 spiro atoms. The summed E-state index contributed by atoms with van der Waals surface area (Å²) in [6.07, 6.45) is 5.97. The third-order valence-electron chi connectivity index (χ3n) is 4.53. The highest BCUT2D eigenvalue weighted by atomic mass is 35.5. The average Bonchev–Trinajstić information content (AvgIpc) is 2.73. The van der Waals surface area contributed by atoms with Crippen LogP contribution in [0.4, 0.5) is 10.2 Å². The van der Waals surface area contributed by atoms with Crippen LogP contribution in [0, 0.1) is 0 Å². The number of nitrogen functional groups attached to an aromatic ring is 1. The summed E-state index contributed by atoms with van der Waals surface area (Å²) in [7, 11) is 1.66. The van der Waals surface area contributed by atoms with Crippen molar-refractivity contribution in [3.05, 3.63) is 53.1 Å². The van der Waals surface area contributed by atoms with Gasteiger partial charge in [0.05, 0.1) is 16.3 Å². The molecule has 0 radical (unpaired) electrons. The fourth-order valence-electron chi connectivity index (χ4n) is 2.69. The number of hydrogen-bond acceptors (Lipinski definition) is 5. The summed E-state index contributed by atoms with van der Waals surface area (Å²) >= 11 is 6.11. The van der Waals surface area contributed by atoms with Crippen LogP contribution in [0.2, 0.25) is 5.02 Å². The summed E-state index contributed by atoms with van der Waals surface area (Å²) in [6, 6.07) is 1.65. The first-order chi connectivity index (χ1) is 13.4. The molecule has 0 amide bonds. The van der Waals surface area contributed by atoms with Crippen LogP contribution in [0.1, 0.15) is 39.2 Å². The highest BCUT2D eigenvalue weighted by molar-refractivity contribution is 6.32. The Hall–Kier alpha value is -1.89. The monoisotopic (exact) mass is 411 g/mol. The lowest BCUT2D eigenvalue weighted by Crippen LogP contribution is -2.46. The van der Waals surface area contributed by atoms with Gasteiger partial charge in [-0.25, -0.2) is 9.37 Å². The van der Waals surface area contributed by atoms with Crippen molar-refractivity contribution < 1.29 is 13.9 Å². The summed E-state index contributed by atoms with van der Waals surface area (Å²) in [5, 5.41) is 3.48. The van der Waals surface area contributed by atoms with Gasteiger partial charge in [-0.2, -0.15) is 0 Å². The number of hydrogen-bond donors (Lipinski definition) is 2. The smallest absolute Gasteiger partial charge is 0.145 e. The van der Waals surface area contributed by atoms with Crippen molar-refractivity contribution >= 4 is 23.0 Å². The molecule has 0 saturated carbocycles. The summed E-state index contributed by atoms with van der Waals surface area (Å²) in [4.78, 5) is 3.91. The Bertz CT molecular complexity index is 714. The van der Waals surface area contributed by atoms with Crippen molar-refractivity contribution in [1.29, 1.82) is 0 Å². The van der Waals surface area contributed by atoms with Gasteiger partial charge in [0.1, 0.15) is 11.6 Å². The minimum absolute atomic E-state index is 0.206. The van der Waals surface area contributed by atoms with Crippen molar-refractivity contribution in [2.45, 2.75) is 39.2 Å². The molecule has 1 saturated heterocycles. The first-order valence-corrected chi connectivity index (χ1v) is 9.76. The minimum atomic E-state index is -0.458. The summed E-state index contributed by atoms with van der Waals surface area (Å²) in [5.74, 6) is -0.102. The number of nitrogens with two attached hydrogens (primary N) is 1. The van der Waals surface area contributed by atoms with Crippen molar-refractivity contribution in [1.82, 2.24) is 10.3 Å². The molecule has 1 aromatic rings. The molecule has 7 heteroatoms. The van der Waals surface area contributed by atoms with E-state index in [1.54, 1.807) is 19.3 Å². The van der Waals surface area contributed by atoms with E-state index in [4.69, 9.17) is 26.8 Å². The van der Waals surface area contributed by atoms with Crippen LogP contribution in [0.3, 0.4) is 0 Å². The molecule has 0 aliphatic carbocycles. The Labute approximate surface area is 172 Å². The standard InChI is InChI=1S/C19H25ClFN3O2.C2H6/c1-13(15-10-18(22)23-11-16(15)20)4-5-17(21)14(2)24-12-19(25-3)6-8-26-9-7-19;1-2/h4-5,10-11,24H,2,6-9,12H2,1,3H3,(H2,22,23);1-2H3/b13-4+,17-5+;. The molecule has 2 rings (SSSR count). The second-order valence-electron chi connectivity index (χ2n) is 6.28. The molecular formula is C21H31ClFN3O2. The zero-order chi connectivity index (χ0) is 21.2. The van der Waals surface area contributed by atoms with Gasteiger partial charge in [-0.15, -0.1) is 0 Å². The van der Waals surface area contributed by atoms with E-state index in [0.29, 0.717) is 36.2 Å². The maximum atomic E-state index is 14.4. The van der Waals surface area contributed by atoms with Crippen LogP contribution in [0.5, 0.6) is 0 Å². The van der Waals surface area contributed by atoms with Gasteiger partial charge in [-0.1, -0.05) is 38.1 Å². The second kappa shape index (κ2) is 11.8. The average molecular weight is 412 g/mol. The summed E-state index contributed by atoms with van der Waals surface area (Å²) in [5.41, 5.74) is 7.01. The van der Waals surface area contributed by atoms with Crippen molar-refractivity contribution in [2.24, 2.45) is 0 Å². The van der Waals surface area contributed by atoms with Gasteiger partial charge in [0.25, 0.3) is 0 Å². The third kappa shape index (κ3) is 6.93. The Morgan fingerprint density at radius 3 is 2.68 bits per heavy atom. The number of aromatic nitrogens is 1. The molecule has 5 nitrogen and oxygen atoms in total. The van der Waals surface area contributed by atoms with Crippen LogP contribution in [0.25, 0.3) is 5.57 Å². The Morgan fingerprint density at radius 1 is 1.43 bits per heavy atom. The van der Waals surface area contributed by atoms with E-state index in [0.717, 1.165) is 18.4 Å². The SMILES string of the molecule is C=C(NCC1(OC)CCOCC1)/C(F)=C\C=C(/C)c1cc(N)ncc1Cl.CC. The number of nitrogens with zero attached hydrogens (tertiary/aromatic N) is 1. The third-order valence-corrected chi connectivity index (χ3v) is 4.83. The number of anilines is 1. The maximum absolute atomic E-state index is 14.4. The molecule has 0 aromatic carbocycles. The number of ether oxygens (including phenoxy) is 2. The number of halogens is 2. The van der Waals surface area contributed by atoms with Crippen LogP contribution in [-0.4, -0.2) is 37.5 Å². The van der Waals surface area contributed by atoms with E-state index in [1.807, 2.05) is 20.8 Å². The topological polar surface area (TPSA) is 69.4 Å². The van der Waals surface area contributed by atoms with Gasteiger partial charge >= 0.3 is 0 Å². The molecule has 1 aromatic heterocycles. The fraction of sp³-hybridized carbons (Fsp3) is 0.476. The van der Waals surface area contributed by atoms with Gasteiger partial charge in [0.15, 0.2) is 0 Å². The van der Waals surface area contributed by atoms with Crippen LogP contribution in [0.15, 0.2) is 42.5 Å². The van der Waals surface area contributed by atoms with Crippen molar-refractivity contribution in [2.75, 3.05) is 32.6 Å². The van der Waals surface area contributed by atoms with E-state index in [2.05, 4.69) is 16.9 Å². The molecule has 28 heavy (non-hydrogen) atoms. The molecule has 0 atom stereocenters. The zero-order valence-corrected chi connectivity index (χ0v) is 17.9. The van der Waals surface area contributed by atoms with Gasteiger partial charge in [-0.3, -0.25) is 0 Å². The number of methoxy groups -OCH3 is 1. The lowest BCUT2D eigenvalue weighted by atomic mass is 9.94. The molecule has 156 valence electrons. The van der Waals surface area contributed by atoms with E-state index in [-0.39, 0.29) is 11.3 Å². The number of allylic oxidation sites excluding steroid dienone is 4. The Morgan fingerprint density at radius 2 is 2.07 bits per heavy atom.